The first-order valence-corrected chi connectivity index (χ1v) is 7.67. The van der Waals surface area contributed by atoms with E-state index in [4.69, 9.17) is 0 Å². The van der Waals surface area contributed by atoms with Crippen LogP contribution >= 0.6 is 0 Å². The smallest absolute Gasteiger partial charge is 0.258 e. The van der Waals surface area contributed by atoms with Gasteiger partial charge in [-0.1, -0.05) is 50.2 Å². The molecule has 1 aliphatic heterocycles. The number of amides is 1. The second kappa shape index (κ2) is 5.36. The van der Waals surface area contributed by atoms with Crippen molar-refractivity contribution in [2.45, 2.75) is 32.6 Å². The summed E-state index contributed by atoms with van der Waals surface area (Å²) in [4.78, 5) is 14.7. The van der Waals surface area contributed by atoms with Crippen LogP contribution in [-0.4, -0.2) is 13.0 Å². The van der Waals surface area contributed by atoms with E-state index in [0.717, 1.165) is 29.7 Å². The van der Waals surface area contributed by atoms with Gasteiger partial charge in [-0.05, 0) is 35.6 Å². The lowest BCUT2D eigenvalue weighted by Crippen LogP contribution is -2.27. The molecule has 0 saturated carbocycles. The molecule has 0 saturated heterocycles. The van der Waals surface area contributed by atoms with E-state index in [9.17, 15) is 4.79 Å². The number of rotatable bonds is 2. The van der Waals surface area contributed by atoms with E-state index in [1.165, 1.54) is 11.1 Å². The van der Waals surface area contributed by atoms with Gasteiger partial charge >= 0.3 is 0 Å². The molecule has 0 aromatic heterocycles. The first-order chi connectivity index (χ1) is 10.2. The van der Waals surface area contributed by atoms with Crippen LogP contribution in [0.4, 0.5) is 5.69 Å². The standard InChI is InChI=1S/C19H21NO/c1-4-13-9-8-12-16-14(5-2)15-10-6-7-11-17(15)19(21)20(3)18(13)16/h6-12,14H,4-5H2,1-3H3. The fourth-order valence-electron chi connectivity index (χ4n) is 3.47. The highest BCUT2D eigenvalue weighted by Gasteiger charge is 2.30. The van der Waals surface area contributed by atoms with E-state index in [1.54, 1.807) is 0 Å². The monoisotopic (exact) mass is 279 g/mol. The highest BCUT2D eigenvalue weighted by Crippen LogP contribution is 2.41. The maximum absolute atomic E-state index is 12.9. The van der Waals surface area contributed by atoms with Gasteiger partial charge in [-0.3, -0.25) is 4.79 Å². The molecular formula is C19H21NO. The number of hydrogen-bond donors (Lipinski definition) is 0. The van der Waals surface area contributed by atoms with Crippen molar-refractivity contribution in [3.63, 3.8) is 0 Å². The van der Waals surface area contributed by atoms with Crippen LogP contribution in [0.1, 0.15) is 53.2 Å². The molecule has 1 amide bonds. The molecule has 2 aromatic rings. The van der Waals surface area contributed by atoms with Gasteiger partial charge in [0, 0.05) is 18.5 Å². The first kappa shape index (κ1) is 13.9. The number of para-hydroxylation sites is 1. The fourth-order valence-corrected chi connectivity index (χ4v) is 3.47. The minimum Gasteiger partial charge on any atom is -0.311 e. The molecule has 0 bridgehead atoms. The SMILES string of the molecule is CCc1cccc2c1N(C)C(=O)c1ccccc1C2CC. The van der Waals surface area contributed by atoms with Gasteiger partial charge in [0.25, 0.3) is 5.91 Å². The number of hydrogen-bond acceptors (Lipinski definition) is 1. The van der Waals surface area contributed by atoms with E-state index in [1.807, 2.05) is 30.1 Å². The van der Waals surface area contributed by atoms with Crippen LogP contribution in [-0.2, 0) is 6.42 Å². The zero-order valence-corrected chi connectivity index (χ0v) is 12.9. The lowest BCUT2D eigenvalue weighted by molar-refractivity contribution is 0.0992. The Kier molecular flexibility index (Phi) is 3.54. The van der Waals surface area contributed by atoms with Crippen molar-refractivity contribution in [3.05, 3.63) is 64.7 Å². The molecule has 1 aliphatic rings. The molecule has 0 N–H and O–H groups in total. The minimum atomic E-state index is 0.101. The zero-order chi connectivity index (χ0) is 15.0. The first-order valence-electron chi connectivity index (χ1n) is 7.67. The van der Waals surface area contributed by atoms with Crippen LogP contribution < -0.4 is 4.90 Å². The van der Waals surface area contributed by atoms with Gasteiger partial charge in [0.2, 0.25) is 0 Å². The van der Waals surface area contributed by atoms with E-state index in [-0.39, 0.29) is 11.8 Å². The number of carbonyl (C=O) groups is 1. The Labute approximate surface area is 126 Å². The summed E-state index contributed by atoms with van der Waals surface area (Å²) in [6.07, 6.45) is 1.94. The largest absolute Gasteiger partial charge is 0.311 e. The quantitative estimate of drug-likeness (QED) is 0.799. The average Bonchev–Trinajstić information content (AvgIpc) is 2.62. The fraction of sp³-hybridized carbons (Fsp3) is 0.316. The summed E-state index contributed by atoms with van der Waals surface area (Å²) in [5.74, 6) is 0.389. The highest BCUT2D eigenvalue weighted by molar-refractivity contribution is 6.09. The number of aryl methyl sites for hydroxylation is 1. The Hall–Kier alpha value is -2.09. The van der Waals surface area contributed by atoms with Crippen LogP contribution in [0.2, 0.25) is 0 Å². The van der Waals surface area contributed by atoms with E-state index >= 15 is 0 Å². The summed E-state index contributed by atoms with van der Waals surface area (Å²) in [6.45, 7) is 4.34. The van der Waals surface area contributed by atoms with Crippen molar-refractivity contribution < 1.29 is 4.79 Å². The summed E-state index contributed by atoms with van der Waals surface area (Å²) in [7, 11) is 1.90. The third kappa shape index (κ3) is 2.06. The van der Waals surface area contributed by atoms with Gasteiger partial charge in [0.15, 0.2) is 0 Å². The molecule has 108 valence electrons. The van der Waals surface area contributed by atoms with Crippen LogP contribution in [0.25, 0.3) is 0 Å². The molecule has 2 heteroatoms. The van der Waals surface area contributed by atoms with E-state index in [2.05, 4.69) is 38.1 Å². The maximum Gasteiger partial charge on any atom is 0.258 e. The van der Waals surface area contributed by atoms with Gasteiger partial charge in [0.1, 0.15) is 0 Å². The van der Waals surface area contributed by atoms with Gasteiger partial charge in [0.05, 0.1) is 5.69 Å². The number of nitrogens with zero attached hydrogens (tertiary/aromatic N) is 1. The molecule has 1 heterocycles. The Morgan fingerprint density at radius 2 is 1.71 bits per heavy atom. The van der Waals surface area contributed by atoms with Crippen molar-refractivity contribution in [3.8, 4) is 0 Å². The lowest BCUT2D eigenvalue weighted by Gasteiger charge is -2.23. The molecule has 0 aliphatic carbocycles. The highest BCUT2D eigenvalue weighted by atomic mass is 16.2. The summed E-state index contributed by atoms with van der Waals surface area (Å²) in [6, 6.07) is 14.5. The second-order valence-corrected chi connectivity index (χ2v) is 5.62. The number of carbonyl (C=O) groups excluding carboxylic acids is 1. The number of anilines is 1. The number of fused-ring (bicyclic) bond motifs is 2. The molecule has 1 unspecified atom stereocenters. The molecular weight excluding hydrogens is 258 g/mol. The molecule has 0 fully saturated rings. The lowest BCUT2D eigenvalue weighted by atomic mass is 9.85. The summed E-state index contributed by atoms with van der Waals surface area (Å²) < 4.78 is 0. The van der Waals surface area contributed by atoms with Crippen molar-refractivity contribution in [2.75, 3.05) is 11.9 Å². The van der Waals surface area contributed by atoms with Crippen molar-refractivity contribution >= 4 is 11.6 Å². The van der Waals surface area contributed by atoms with Crippen LogP contribution in [0.3, 0.4) is 0 Å². The average molecular weight is 279 g/mol. The Bertz CT molecular complexity index is 690. The molecule has 0 spiro atoms. The zero-order valence-electron chi connectivity index (χ0n) is 12.9. The molecule has 1 atom stereocenters. The minimum absolute atomic E-state index is 0.101. The molecule has 2 aromatic carbocycles. The Morgan fingerprint density at radius 3 is 2.43 bits per heavy atom. The summed E-state index contributed by atoms with van der Waals surface area (Å²) in [5.41, 5.74) is 5.62. The van der Waals surface area contributed by atoms with Crippen LogP contribution in [0.15, 0.2) is 42.5 Å². The Morgan fingerprint density at radius 1 is 1.00 bits per heavy atom. The predicted molar refractivity (Wildman–Crippen MR) is 87.1 cm³/mol. The van der Waals surface area contributed by atoms with Crippen molar-refractivity contribution in [1.29, 1.82) is 0 Å². The predicted octanol–water partition coefficient (Wildman–Crippen LogP) is 4.38. The van der Waals surface area contributed by atoms with Crippen LogP contribution in [0.5, 0.6) is 0 Å². The molecule has 0 radical (unpaired) electrons. The summed E-state index contributed by atoms with van der Waals surface area (Å²) >= 11 is 0. The van der Waals surface area contributed by atoms with Crippen LogP contribution in [0, 0.1) is 0 Å². The van der Waals surface area contributed by atoms with Gasteiger partial charge in [-0.2, -0.15) is 0 Å². The van der Waals surface area contributed by atoms with Gasteiger partial charge in [-0.25, -0.2) is 0 Å². The normalized spacial score (nSPS) is 17.2. The van der Waals surface area contributed by atoms with Crippen molar-refractivity contribution in [1.82, 2.24) is 0 Å². The molecule has 3 rings (SSSR count). The maximum atomic E-state index is 12.9. The topological polar surface area (TPSA) is 20.3 Å². The van der Waals surface area contributed by atoms with Gasteiger partial charge in [-0.15, -0.1) is 0 Å². The third-order valence-corrected chi connectivity index (χ3v) is 4.52. The van der Waals surface area contributed by atoms with Crippen molar-refractivity contribution in [2.24, 2.45) is 0 Å². The third-order valence-electron chi connectivity index (χ3n) is 4.52. The molecule has 21 heavy (non-hydrogen) atoms. The van der Waals surface area contributed by atoms with E-state index < -0.39 is 0 Å². The second-order valence-electron chi connectivity index (χ2n) is 5.62. The Balaban J connectivity index is 2.33. The van der Waals surface area contributed by atoms with E-state index in [0.29, 0.717) is 0 Å². The molecule has 2 nitrogen and oxygen atoms in total. The summed E-state index contributed by atoms with van der Waals surface area (Å²) in [5, 5.41) is 0. The van der Waals surface area contributed by atoms with Gasteiger partial charge < -0.3 is 4.90 Å². The number of benzene rings is 2.